The van der Waals surface area contributed by atoms with E-state index < -0.39 is 0 Å². The smallest absolute Gasteiger partial charge is 0.227 e. The third-order valence-electron chi connectivity index (χ3n) is 10.00. The molecule has 2 aromatic heterocycles. The molecule has 2 heterocycles. The molecule has 0 saturated carbocycles. The van der Waals surface area contributed by atoms with Crippen molar-refractivity contribution in [1.29, 1.82) is 0 Å². The Morgan fingerprint density at radius 1 is 0.346 bits per heavy atom. The Hall–Kier alpha value is -6.97. The summed E-state index contributed by atoms with van der Waals surface area (Å²) in [6.45, 7) is 0. The van der Waals surface area contributed by atoms with Crippen LogP contribution in [0.3, 0.4) is 0 Å². The van der Waals surface area contributed by atoms with Gasteiger partial charge in [0.1, 0.15) is 5.52 Å². The maximum atomic E-state index is 6.81. The van der Waals surface area contributed by atoms with Crippen LogP contribution in [-0.4, -0.2) is 9.55 Å². The Bertz CT molecular complexity index is 2810. The summed E-state index contributed by atoms with van der Waals surface area (Å²) in [5.74, 6) is 0.587. The highest BCUT2D eigenvalue weighted by atomic mass is 16.3. The van der Waals surface area contributed by atoms with Gasteiger partial charge < -0.3 is 8.98 Å². The van der Waals surface area contributed by atoms with Crippen molar-refractivity contribution in [2.75, 3.05) is 0 Å². The van der Waals surface area contributed by atoms with Gasteiger partial charge in [0.15, 0.2) is 5.58 Å². The molecule has 0 fully saturated rings. The Balaban J connectivity index is 1.23. The van der Waals surface area contributed by atoms with Crippen molar-refractivity contribution < 1.29 is 4.42 Å². The van der Waals surface area contributed by atoms with E-state index in [-0.39, 0.29) is 0 Å². The summed E-state index contributed by atoms with van der Waals surface area (Å²) in [5, 5.41) is 2.39. The molecule has 0 spiro atoms. The van der Waals surface area contributed by atoms with Gasteiger partial charge in [-0.2, -0.15) is 0 Å². The van der Waals surface area contributed by atoms with Gasteiger partial charge in [0.25, 0.3) is 0 Å². The van der Waals surface area contributed by atoms with Crippen LogP contribution < -0.4 is 0 Å². The zero-order valence-electron chi connectivity index (χ0n) is 28.3. The van der Waals surface area contributed by atoms with Gasteiger partial charge >= 0.3 is 0 Å². The van der Waals surface area contributed by atoms with Crippen LogP contribution in [0.25, 0.3) is 94.6 Å². The van der Waals surface area contributed by atoms with E-state index in [1.807, 2.05) is 0 Å². The second kappa shape index (κ2) is 12.4. The molecule has 244 valence electrons. The van der Waals surface area contributed by atoms with E-state index in [0.29, 0.717) is 5.89 Å². The summed E-state index contributed by atoms with van der Waals surface area (Å²) in [5.41, 5.74) is 14.8. The largest absolute Gasteiger partial charge is 0.436 e. The van der Waals surface area contributed by atoms with Gasteiger partial charge in [0, 0.05) is 16.3 Å². The highest BCUT2D eigenvalue weighted by molar-refractivity contribution is 6.11. The minimum Gasteiger partial charge on any atom is -0.436 e. The van der Waals surface area contributed by atoms with Gasteiger partial charge in [0.05, 0.1) is 16.7 Å². The van der Waals surface area contributed by atoms with Gasteiger partial charge in [-0.1, -0.05) is 146 Å². The zero-order chi connectivity index (χ0) is 34.4. The van der Waals surface area contributed by atoms with Crippen LogP contribution in [0.4, 0.5) is 0 Å². The topological polar surface area (TPSA) is 31.0 Å². The number of nitrogens with zero attached hydrogens (tertiary/aromatic N) is 2. The Morgan fingerprint density at radius 3 is 1.42 bits per heavy atom. The molecule has 0 unspecified atom stereocenters. The molecular weight excluding hydrogens is 633 g/mol. The van der Waals surface area contributed by atoms with E-state index in [1.165, 1.54) is 21.9 Å². The Labute approximate surface area is 301 Å². The quantitative estimate of drug-likeness (QED) is 0.177. The summed E-state index contributed by atoms with van der Waals surface area (Å²) < 4.78 is 9.17. The van der Waals surface area contributed by atoms with E-state index in [1.54, 1.807) is 0 Å². The third kappa shape index (κ3) is 5.19. The predicted octanol–water partition coefficient (Wildman–Crippen LogP) is 13.3. The molecule has 0 amide bonds. The molecule has 0 atom stereocenters. The molecule has 0 aliphatic rings. The normalized spacial score (nSPS) is 11.5. The highest BCUT2D eigenvalue weighted by Gasteiger charge is 2.21. The molecule has 10 rings (SSSR count). The number of hydrogen-bond acceptors (Lipinski definition) is 2. The number of para-hydroxylation sites is 1. The maximum absolute atomic E-state index is 6.81. The molecule has 0 aliphatic carbocycles. The fourth-order valence-electron chi connectivity index (χ4n) is 7.49. The molecule has 0 radical (unpaired) electrons. The summed E-state index contributed by atoms with van der Waals surface area (Å²) in [6, 6.07) is 68.6. The molecule has 3 nitrogen and oxygen atoms in total. The fourth-order valence-corrected chi connectivity index (χ4v) is 7.49. The number of benzene rings is 8. The lowest BCUT2D eigenvalue weighted by Crippen LogP contribution is -1.96. The van der Waals surface area contributed by atoms with E-state index in [9.17, 15) is 0 Å². The highest BCUT2D eigenvalue weighted by Crippen LogP contribution is 2.40. The first-order chi connectivity index (χ1) is 25.8. The van der Waals surface area contributed by atoms with Crippen LogP contribution >= 0.6 is 0 Å². The second-order valence-electron chi connectivity index (χ2n) is 13.2. The van der Waals surface area contributed by atoms with E-state index in [4.69, 9.17) is 9.40 Å². The number of hydrogen-bond donors (Lipinski definition) is 0. The summed E-state index contributed by atoms with van der Waals surface area (Å²) in [6.07, 6.45) is 0. The van der Waals surface area contributed by atoms with Crippen molar-refractivity contribution >= 4 is 32.9 Å². The number of aromatic nitrogens is 2. The zero-order valence-corrected chi connectivity index (χ0v) is 28.3. The maximum Gasteiger partial charge on any atom is 0.227 e. The molecule has 10 aromatic rings. The standard InChI is InChI=1S/C49H32N2O/c1-5-15-33(16-6-1)37-25-26-45-43(30-37)42-23-13-14-24-44(42)51(45)46-31-40(36-21-11-4-12-22-36)32-47-48(46)50-49(52-47)41-28-38(34-17-7-2-8-18-34)27-39(29-41)35-19-9-3-10-20-35/h1-32H. The van der Waals surface area contributed by atoms with E-state index in [0.717, 1.165) is 66.8 Å². The lowest BCUT2D eigenvalue weighted by atomic mass is 9.96. The molecule has 0 N–H and O–H groups in total. The first-order valence-corrected chi connectivity index (χ1v) is 17.6. The first kappa shape index (κ1) is 29.9. The van der Waals surface area contributed by atoms with Crippen molar-refractivity contribution in [3.8, 4) is 61.6 Å². The third-order valence-corrected chi connectivity index (χ3v) is 10.00. The minimum atomic E-state index is 0.587. The molecule has 3 heteroatoms. The van der Waals surface area contributed by atoms with Crippen molar-refractivity contribution in [3.63, 3.8) is 0 Å². The summed E-state index contributed by atoms with van der Waals surface area (Å²) in [4.78, 5) is 5.33. The monoisotopic (exact) mass is 664 g/mol. The molecule has 0 aliphatic heterocycles. The lowest BCUT2D eigenvalue weighted by molar-refractivity contribution is 0.620. The van der Waals surface area contributed by atoms with Gasteiger partial charge in [-0.15, -0.1) is 0 Å². The van der Waals surface area contributed by atoms with Crippen LogP contribution in [0.2, 0.25) is 0 Å². The van der Waals surface area contributed by atoms with Gasteiger partial charge in [-0.25, -0.2) is 4.98 Å². The van der Waals surface area contributed by atoms with Crippen LogP contribution in [-0.2, 0) is 0 Å². The van der Waals surface area contributed by atoms with Crippen molar-refractivity contribution in [3.05, 3.63) is 194 Å². The Morgan fingerprint density at radius 2 is 0.827 bits per heavy atom. The Kier molecular flexibility index (Phi) is 7.14. The fraction of sp³-hybridized carbons (Fsp3) is 0. The average molecular weight is 665 g/mol. The van der Waals surface area contributed by atoms with E-state index >= 15 is 0 Å². The predicted molar refractivity (Wildman–Crippen MR) is 216 cm³/mol. The lowest BCUT2D eigenvalue weighted by Gasteiger charge is -2.11. The first-order valence-electron chi connectivity index (χ1n) is 17.6. The SMILES string of the molecule is c1ccc(-c2cc(-c3ccccc3)cc(-c3nc4c(-n5c6ccccc6c6cc(-c7ccccc7)ccc65)cc(-c5ccccc5)cc4o3)c2)cc1. The van der Waals surface area contributed by atoms with Crippen molar-refractivity contribution in [2.45, 2.75) is 0 Å². The van der Waals surface area contributed by atoms with Crippen LogP contribution in [0.1, 0.15) is 0 Å². The second-order valence-corrected chi connectivity index (χ2v) is 13.2. The molecular formula is C49H32N2O. The summed E-state index contributed by atoms with van der Waals surface area (Å²) in [7, 11) is 0. The molecule has 0 bridgehead atoms. The molecule has 0 saturated heterocycles. The van der Waals surface area contributed by atoms with Crippen LogP contribution in [0, 0.1) is 0 Å². The number of rotatable bonds is 6. The molecule has 8 aromatic carbocycles. The van der Waals surface area contributed by atoms with Gasteiger partial charge in [-0.3, -0.25) is 0 Å². The molecule has 52 heavy (non-hydrogen) atoms. The number of fused-ring (bicyclic) bond motifs is 4. The van der Waals surface area contributed by atoms with Crippen LogP contribution in [0.15, 0.2) is 199 Å². The van der Waals surface area contributed by atoms with Crippen LogP contribution in [0.5, 0.6) is 0 Å². The van der Waals surface area contributed by atoms with Crippen molar-refractivity contribution in [2.24, 2.45) is 0 Å². The average Bonchev–Trinajstić information content (AvgIpc) is 3.81. The minimum absolute atomic E-state index is 0.587. The van der Waals surface area contributed by atoms with E-state index in [2.05, 4.69) is 199 Å². The van der Waals surface area contributed by atoms with Crippen molar-refractivity contribution in [1.82, 2.24) is 9.55 Å². The van der Waals surface area contributed by atoms with Gasteiger partial charge in [-0.05, 0) is 93.0 Å². The number of oxazole rings is 1. The van der Waals surface area contributed by atoms with Gasteiger partial charge in [0.2, 0.25) is 5.89 Å². The summed E-state index contributed by atoms with van der Waals surface area (Å²) >= 11 is 0.